The van der Waals surface area contributed by atoms with E-state index in [1.807, 2.05) is 20.8 Å². The molecule has 0 fully saturated rings. The van der Waals surface area contributed by atoms with Crippen molar-refractivity contribution in [3.63, 3.8) is 0 Å². The van der Waals surface area contributed by atoms with E-state index >= 15 is 0 Å². The Morgan fingerprint density at radius 3 is 0.976 bits per heavy atom. The first-order valence-corrected chi connectivity index (χ1v) is 17.3. The molecule has 0 amide bonds. The summed E-state index contributed by atoms with van der Waals surface area (Å²) in [4.78, 5) is 11.5. The Morgan fingerprint density at radius 1 is 0.452 bits per heavy atom. The van der Waals surface area contributed by atoms with Crippen LogP contribution in [-0.2, 0) is 56.9 Å². The van der Waals surface area contributed by atoms with E-state index < -0.39 is 5.60 Å². The standard InChI is InChI=1S/C28H56O12S2/c1-28(2,3)40-27(29)5-6-30-7-8-31-9-10-32-11-12-33-13-14-34-15-16-35-17-18-36-19-20-37-21-22-38-23-24-39-25-26-42-41-4/h5-26H2,1-4H3. The zero-order valence-electron chi connectivity index (χ0n) is 26.3. The predicted octanol–water partition coefficient (Wildman–Crippen LogP) is 2.90. The lowest BCUT2D eigenvalue weighted by Gasteiger charge is -2.19. The molecule has 0 aromatic heterocycles. The molecular formula is C28H56O12S2. The monoisotopic (exact) mass is 648 g/mol. The van der Waals surface area contributed by atoms with Gasteiger partial charge in [-0.3, -0.25) is 4.79 Å². The fourth-order valence-electron chi connectivity index (χ4n) is 2.81. The summed E-state index contributed by atoms with van der Waals surface area (Å²) in [6, 6.07) is 0. The minimum atomic E-state index is -0.470. The lowest BCUT2D eigenvalue weighted by molar-refractivity contribution is -0.156. The third-order valence-electron chi connectivity index (χ3n) is 4.65. The van der Waals surface area contributed by atoms with Crippen molar-refractivity contribution in [1.82, 2.24) is 0 Å². The summed E-state index contributed by atoms with van der Waals surface area (Å²) in [5, 5.41) is 0. The van der Waals surface area contributed by atoms with Crippen molar-refractivity contribution in [3.05, 3.63) is 0 Å². The van der Waals surface area contributed by atoms with Crippen molar-refractivity contribution in [2.45, 2.75) is 32.8 Å². The van der Waals surface area contributed by atoms with Gasteiger partial charge in [-0.15, -0.1) is 0 Å². The second-order valence-corrected chi connectivity index (χ2v) is 12.1. The zero-order valence-corrected chi connectivity index (χ0v) is 27.9. The van der Waals surface area contributed by atoms with Crippen LogP contribution in [0.15, 0.2) is 0 Å². The second kappa shape index (κ2) is 33.7. The molecule has 0 heterocycles. The average molecular weight is 649 g/mol. The van der Waals surface area contributed by atoms with Crippen molar-refractivity contribution in [1.29, 1.82) is 0 Å². The highest BCUT2D eigenvalue weighted by Crippen LogP contribution is 2.15. The third kappa shape index (κ3) is 37.8. The van der Waals surface area contributed by atoms with Gasteiger partial charge in [-0.2, -0.15) is 0 Å². The SMILES string of the molecule is CSSCCOCCOCCOCCOCCOCCOCCOCCOCCOCCOCCC(=O)OC(C)(C)C. The van der Waals surface area contributed by atoms with Crippen LogP contribution in [0.25, 0.3) is 0 Å². The molecule has 0 unspecified atom stereocenters. The molecule has 0 aliphatic heterocycles. The van der Waals surface area contributed by atoms with Crippen LogP contribution >= 0.6 is 21.6 Å². The molecule has 42 heavy (non-hydrogen) atoms. The van der Waals surface area contributed by atoms with Crippen molar-refractivity contribution in [2.75, 3.05) is 144 Å². The van der Waals surface area contributed by atoms with Crippen LogP contribution in [0.4, 0.5) is 0 Å². The van der Waals surface area contributed by atoms with Crippen molar-refractivity contribution in [2.24, 2.45) is 0 Å². The van der Waals surface area contributed by atoms with E-state index in [4.69, 9.17) is 52.1 Å². The van der Waals surface area contributed by atoms with Gasteiger partial charge in [-0.25, -0.2) is 0 Å². The molecule has 0 aromatic carbocycles. The van der Waals surface area contributed by atoms with Gasteiger partial charge in [-0.05, 0) is 27.0 Å². The zero-order chi connectivity index (χ0) is 30.8. The predicted molar refractivity (Wildman–Crippen MR) is 165 cm³/mol. The highest BCUT2D eigenvalue weighted by atomic mass is 33.1. The maximum atomic E-state index is 11.5. The Labute approximate surface area is 261 Å². The minimum Gasteiger partial charge on any atom is -0.460 e. The van der Waals surface area contributed by atoms with Crippen molar-refractivity contribution in [3.8, 4) is 0 Å². The Kier molecular flexibility index (Phi) is 33.5. The van der Waals surface area contributed by atoms with Crippen LogP contribution < -0.4 is 0 Å². The number of esters is 1. The highest BCUT2D eigenvalue weighted by Gasteiger charge is 2.15. The van der Waals surface area contributed by atoms with Gasteiger partial charge in [-0.1, -0.05) is 21.6 Å². The minimum absolute atomic E-state index is 0.235. The molecule has 0 radical (unpaired) electrons. The molecule has 0 aromatic rings. The lowest BCUT2D eigenvalue weighted by atomic mass is 10.2. The van der Waals surface area contributed by atoms with Crippen LogP contribution in [0.5, 0.6) is 0 Å². The van der Waals surface area contributed by atoms with Gasteiger partial charge < -0.3 is 52.1 Å². The maximum absolute atomic E-state index is 11.5. The van der Waals surface area contributed by atoms with Crippen molar-refractivity contribution >= 4 is 27.6 Å². The number of hydrogen-bond acceptors (Lipinski definition) is 14. The number of carbonyl (C=O) groups is 1. The fraction of sp³-hybridized carbons (Fsp3) is 0.964. The molecule has 0 bridgehead atoms. The van der Waals surface area contributed by atoms with Gasteiger partial charge in [0, 0.05) is 5.75 Å². The Bertz CT molecular complexity index is 555. The molecule has 12 nitrogen and oxygen atoms in total. The van der Waals surface area contributed by atoms with Crippen LogP contribution in [0, 0.1) is 0 Å². The molecule has 0 atom stereocenters. The molecule has 0 spiro atoms. The van der Waals surface area contributed by atoms with Gasteiger partial charge >= 0.3 is 5.97 Å². The van der Waals surface area contributed by atoms with Crippen LogP contribution in [0.3, 0.4) is 0 Å². The third-order valence-corrected chi connectivity index (χ3v) is 6.42. The van der Waals surface area contributed by atoms with E-state index in [0.29, 0.717) is 126 Å². The topological polar surface area (TPSA) is 119 Å². The molecule has 0 rings (SSSR count). The first-order chi connectivity index (χ1) is 20.5. The number of carbonyl (C=O) groups excluding carboxylic acids is 1. The lowest BCUT2D eigenvalue weighted by Crippen LogP contribution is -2.24. The summed E-state index contributed by atoms with van der Waals surface area (Å²) in [5.74, 6) is 0.734. The molecule has 0 aliphatic carbocycles. The van der Waals surface area contributed by atoms with Crippen LogP contribution in [-0.4, -0.2) is 156 Å². The van der Waals surface area contributed by atoms with Crippen LogP contribution in [0.2, 0.25) is 0 Å². The molecule has 0 aliphatic rings. The quantitative estimate of drug-likeness (QED) is 0.0578. The summed E-state index contributed by atoms with van der Waals surface area (Å²) in [7, 11) is 3.54. The summed E-state index contributed by atoms with van der Waals surface area (Å²) in [6.45, 7) is 15.8. The van der Waals surface area contributed by atoms with Gasteiger partial charge in [0.2, 0.25) is 0 Å². The Balaban J connectivity index is 3.09. The molecule has 0 saturated carbocycles. The number of hydrogen-bond donors (Lipinski definition) is 0. The van der Waals surface area contributed by atoms with E-state index in [9.17, 15) is 4.79 Å². The first-order valence-electron chi connectivity index (χ1n) is 14.6. The maximum Gasteiger partial charge on any atom is 0.308 e. The summed E-state index contributed by atoms with van der Waals surface area (Å²) < 4.78 is 59.6. The Morgan fingerprint density at radius 2 is 0.714 bits per heavy atom. The number of rotatable bonds is 34. The van der Waals surface area contributed by atoms with Crippen LogP contribution in [0.1, 0.15) is 27.2 Å². The molecule has 0 saturated heterocycles. The molecular weight excluding hydrogens is 592 g/mol. The second-order valence-electron chi connectivity index (χ2n) is 9.45. The summed E-state index contributed by atoms with van der Waals surface area (Å²) in [6.07, 6.45) is 2.30. The fourth-order valence-corrected chi connectivity index (χ4v) is 3.86. The molecule has 252 valence electrons. The largest absolute Gasteiger partial charge is 0.460 e. The first kappa shape index (κ1) is 41.8. The highest BCUT2D eigenvalue weighted by molar-refractivity contribution is 8.76. The molecule has 0 N–H and O–H groups in total. The van der Waals surface area contributed by atoms with E-state index in [1.54, 1.807) is 21.6 Å². The Hall–Kier alpha value is -0.230. The summed E-state index contributed by atoms with van der Waals surface area (Å²) >= 11 is 0. The van der Waals surface area contributed by atoms with E-state index in [-0.39, 0.29) is 12.4 Å². The average Bonchev–Trinajstić information content (AvgIpc) is 2.94. The van der Waals surface area contributed by atoms with Gasteiger partial charge in [0.1, 0.15) is 5.60 Å². The smallest absolute Gasteiger partial charge is 0.308 e. The van der Waals surface area contributed by atoms with Gasteiger partial charge in [0.25, 0.3) is 0 Å². The van der Waals surface area contributed by atoms with E-state index in [0.717, 1.165) is 12.4 Å². The normalized spacial score (nSPS) is 11.8. The van der Waals surface area contributed by atoms with E-state index in [2.05, 4.69) is 6.26 Å². The van der Waals surface area contributed by atoms with Gasteiger partial charge in [0.15, 0.2) is 0 Å². The number of ether oxygens (including phenoxy) is 11. The molecule has 14 heteroatoms. The van der Waals surface area contributed by atoms with Crippen molar-refractivity contribution < 1.29 is 56.9 Å². The van der Waals surface area contributed by atoms with Gasteiger partial charge in [0.05, 0.1) is 139 Å². The summed E-state index contributed by atoms with van der Waals surface area (Å²) in [5.41, 5.74) is -0.470. The van der Waals surface area contributed by atoms with E-state index in [1.165, 1.54) is 0 Å².